The fraction of sp³-hybridized carbons (Fsp3) is 0.667. The third-order valence-electron chi connectivity index (χ3n) is 6.17. The lowest BCUT2D eigenvalue weighted by Crippen LogP contribution is -2.52. The lowest BCUT2D eigenvalue weighted by Gasteiger charge is -2.48. The Labute approximate surface area is 202 Å². The number of β-amino-alcohol motifs (C(OH)–C–C–N with tert-alkyl or cyclic N) is 1. The van der Waals surface area contributed by atoms with Gasteiger partial charge in [-0.1, -0.05) is 12.1 Å². The number of hydrogen-bond acceptors (Lipinski definition) is 8. The second kappa shape index (κ2) is 15.5. The summed E-state index contributed by atoms with van der Waals surface area (Å²) >= 11 is 0. The molecule has 1 unspecified atom stereocenters. The van der Waals surface area contributed by atoms with E-state index in [2.05, 4.69) is 41.9 Å². The predicted octanol–water partition coefficient (Wildman–Crippen LogP) is 1.32. The van der Waals surface area contributed by atoms with Gasteiger partial charge in [-0.05, 0) is 65.0 Å². The van der Waals surface area contributed by atoms with Crippen LogP contribution in [-0.4, -0.2) is 117 Å². The molecule has 0 aliphatic carbocycles. The Hall–Kier alpha value is -2.40. The summed E-state index contributed by atoms with van der Waals surface area (Å²) in [6, 6.07) is 6.17. The van der Waals surface area contributed by atoms with Crippen LogP contribution in [0.4, 0.5) is 0 Å². The first-order chi connectivity index (χ1) is 16.2. The van der Waals surface area contributed by atoms with Crippen molar-refractivity contribution in [3.8, 4) is 11.5 Å². The number of benzene rings is 1. The highest BCUT2D eigenvalue weighted by molar-refractivity contribution is 5.46. The van der Waals surface area contributed by atoms with Crippen molar-refractivity contribution < 1.29 is 34.4 Å². The third kappa shape index (κ3) is 9.84. The third-order valence-corrected chi connectivity index (χ3v) is 6.17. The number of nitrogens with zero attached hydrogens (tertiary/aromatic N) is 3. The molecule has 3 N–H and O–H groups in total. The molecule has 2 fully saturated rings. The zero-order valence-corrected chi connectivity index (χ0v) is 20.9. The van der Waals surface area contributed by atoms with E-state index in [4.69, 9.17) is 29.3 Å². The van der Waals surface area contributed by atoms with Crippen molar-refractivity contribution in [3.63, 3.8) is 0 Å². The number of para-hydroxylation sites is 1. The molecular formula is C24H41N3O7. The van der Waals surface area contributed by atoms with Gasteiger partial charge in [0.25, 0.3) is 12.9 Å². The van der Waals surface area contributed by atoms with Crippen molar-refractivity contribution in [3.05, 3.63) is 23.8 Å². The molecule has 194 valence electrons. The summed E-state index contributed by atoms with van der Waals surface area (Å²) in [5.41, 5.74) is 1.47. The van der Waals surface area contributed by atoms with Crippen LogP contribution < -0.4 is 9.47 Å². The Morgan fingerprint density at radius 3 is 2.32 bits per heavy atom. The van der Waals surface area contributed by atoms with E-state index in [1.807, 2.05) is 12.1 Å². The van der Waals surface area contributed by atoms with Gasteiger partial charge >= 0.3 is 0 Å². The van der Waals surface area contributed by atoms with Crippen molar-refractivity contribution in [2.75, 3.05) is 67.6 Å². The first-order valence-electron chi connectivity index (χ1n) is 11.4. The van der Waals surface area contributed by atoms with E-state index in [9.17, 15) is 5.11 Å². The number of piperidine rings is 2. The molecule has 2 heterocycles. The highest BCUT2D eigenvalue weighted by Crippen LogP contribution is 2.40. The summed E-state index contributed by atoms with van der Waals surface area (Å²) in [7, 11) is 7.93. The van der Waals surface area contributed by atoms with Gasteiger partial charge in [0.05, 0.1) is 13.2 Å². The van der Waals surface area contributed by atoms with Gasteiger partial charge in [-0.15, -0.1) is 0 Å². The first kappa shape index (κ1) is 29.6. The molecule has 0 aromatic heterocycles. The molecule has 2 saturated heterocycles. The number of ether oxygens (including phenoxy) is 2. The van der Waals surface area contributed by atoms with Crippen LogP contribution in [0.2, 0.25) is 0 Å². The number of rotatable bonds is 7. The van der Waals surface area contributed by atoms with Gasteiger partial charge in [0.2, 0.25) is 0 Å². The highest BCUT2D eigenvalue weighted by atomic mass is 16.5. The first-order valence-corrected chi connectivity index (χ1v) is 11.4. The predicted molar refractivity (Wildman–Crippen MR) is 129 cm³/mol. The van der Waals surface area contributed by atoms with Gasteiger partial charge in [-0.25, -0.2) is 0 Å². The van der Waals surface area contributed by atoms with Crippen molar-refractivity contribution in [1.29, 1.82) is 0 Å². The number of likely N-dealkylation sites (N-methyl/N-ethyl adjacent to an activating group) is 2. The number of carboxylic acid groups (broad SMARTS) is 2. The molecule has 1 aromatic carbocycles. The van der Waals surface area contributed by atoms with Crippen LogP contribution in [0.15, 0.2) is 18.2 Å². The number of hydrogen-bond donors (Lipinski definition) is 3. The van der Waals surface area contributed by atoms with Crippen LogP contribution in [0.1, 0.15) is 24.8 Å². The van der Waals surface area contributed by atoms with Gasteiger partial charge in [-0.3, -0.25) is 14.5 Å². The molecule has 0 saturated carbocycles. The molecule has 1 aromatic rings. The summed E-state index contributed by atoms with van der Waals surface area (Å²) in [4.78, 5) is 23.6. The topological polar surface area (TPSA) is 123 Å². The van der Waals surface area contributed by atoms with Gasteiger partial charge in [-0.2, -0.15) is 0 Å². The molecule has 34 heavy (non-hydrogen) atoms. The smallest absolute Gasteiger partial charge is 0.290 e. The fourth-order valence-corrected chi connectivity index (χ4v) is 4.76. The largest absolute Gasteiger partial charge is 0.493 e. The van der Waals surface area contributed by atoms with Crippen LogP contribution in [0, 0.1) is 5.41 Å². The number of methoxy groups -OCH3 is 1. The Balaban J connectivity index is 0.000000872. The fourth-order valence-electron chi connectivity index (χ4n) is 4.76. The summed E-state index contributed by atoms with van der Waals surface area (Å²) in [6.45, 7) is 5.94. The monoisotopic (exact) mass is 483 g/mol. The molecule has 3 rings (SSSR count). The average Bonchev–Trinajstić information content (AvgIpc) is 2.76. The second-order valence-electron chi connectivity index (χ2n) is 9.14. The molecule has 2 aliphatic heterocycles. The molecular weight excluding hydrogens is 442 g/mol. The molecule has 0 bridgehead atoms. The van der Waals surface area contributed by atoms with Crippen molar-refractivity contribution in [2.24, 2.45) is 5.41 Å². The van der Waals surface area contributed by atoms with Gasteiger partial charge < -0.3 is 34.6 Å². The standard InChI is InChI=1S/C22H37N3O3.2CH2O2/c1-23(2)12-13-28-21-18(6-5-7-20(21)27-4)15-25-10-8-22(9-11-25)14-19(26)16-24(3)17-22;2*2-1-3/h5-7,19,26H,8-17H2,1-4H3;2*1H,(H,2,3). The molecule has 2 aliphatic rings. The number of aliphatic hydroxyl groups is 1. The summed E-state index contributed by atoms with van der Waals surface area (Å²) in [5, 5.41) is 24.0. The van der Waals surface area contributed by atoms with Crippen LogP contribution in [-0.2, 0) is 16.1 Å². The maximum atomic E-state index is 10.2. The van der Waals surface area contributed by atoms with Crippen LogP contribution >= 0.6 is 0 Å². The Bertz CT molecular complexity index is 707. The van der Waals surface area contributed by atoms with Crippen LogP contribution in [0.25, 0.3) is 0 Å². The minimum absolute atomic E-state index is 0.180. The summed E-state index contributed by atoms with van der Waals surface area (Å²) in [6.07, 6.45) is 3.06. The molecule has 10 nitrogen and oxygen atoms in total. The van der Waals surface area contributed by atoms with Gasteiger partial charge in [0.1, 0.15) is 6.61 Å². The second-order valence-corrected chi connectivity index (χ2v) is 9.14. The van der Waals surface area contributed by atoms with E-state index in [0.29, 0.717) is 6.61 Å². The maximum absolute atomic E-state index is 10.2. The Kier molecular flexibility index (Phi) is 13.5. The average molecular weight is 484 g/mol. The molecule has 1 atom stereocenters. The number of carbonyl (C=O) groups is 2. The molecule has 10 heteroatoms. The zero-order valence-electron chi connectivity index (χ0n) is 20.9. The molecule has 1 spiro atoms. The quantitative estimate of drug-likeness (QED) is 0.489. The highest BCUT2D eigenvalue weighted by Gasteiger charge is 2.40. The minimum Gasteiger partial charge on any atom is -0.493 e. The van der Waals surface area contributed by atoms with Gasteiger partial charge in [0, 0.05) is 31.7 Å². The number of likely N-dealkylation sites (tertiary alicyclic amines) is 2. The van der Waals surface area contributed by atoms with E-state index in [1.54, 1.807) is 7.11 Å². The van der Waals surface area contributed by atoms with Crippen molar-refractivity contribution in [1.82, 2.24) is 14.7 Å². The maximum Gasteiger partial charge on any atom is 0.290 e. The molecule has 0 amide bonds. The minimum atomic E-state index is -0.250. The van der Waals surface area contributed by atoms with E-state index < -0.39 is 0 Å². The summed E-state index contributed by atoms with van der Waals surface area (Å²) < 4.78 is 11.7. The normalized spacial score (nSPS) is 19.9. The number of aliphatic hydroxyl groups excluding tert-OH is 1. The van der Waals surface area contributed by atoms with Crippen molar-refractivity contribution in [2.45, 2.75) is 31.9 Å². The van der Waals surface area contributed by atoms with E-state index in [1.165, 1.54) is 5.56 Å². The lowest BCUT2D eigenvalue weighted by atomic mass is 9.71. The van der Waals surface area contributed by atoms with E-state index in [0.717, 1.165) is 70.0 Å². The van der Waals surface area contributed by atoms with Crippen LogP contribution in [0.3, 0.4) is 0 Å². The van der Waals surface area contributed by atoms with Crippen LogP contribution in [0.5, 0.6) is 11.5 Å². The Morgan fingerprint density at radius 2 is 1.79 bits per heavy atom. The zero-order chi connectivity index (χ0) is 25.6. The van der Waals surface area contributed by atoms with Gasteiger partial charge in [0.15, 0.2) is 11.5 Å². The summed E-state index contributed by atoms with van der Waals surface area (Å²) in [5.74, 6) is 1.68. The Morgan fingerprint density at radius 1 is 1.18 bits per heavy atom. The van der Waals surface area contributed by atoms with E-state index >= 15 is 0 Å². The van der Waals surface area contributed by atoms with E-state index in [-0.39, 0.29) is 24.5 Å². The van der Waals surface area contributed by atoms with Crippen molar-refractivity contribution >= 4 is 12.9 Å². The molecule has 0 radical (unpaired) electrons. The lowest BCUT2D eigenvalue weighted by molar-refractivity contribution is -0.123. The SMILES string of the molecule is COc1cccc(CN2CCC3(CC2)CC(O)CN(C)C3)c1OCCN(C)C.O=CO.O=CO.